The molecule has 3 heteroatoms. The molecule has 3 nitrogen and oxygen atoms in total. The van der Waals surface area contributed by atoms with Gasteiger partial charge < -0.3 is 5.32 Å². The molecule has 0 radical (unpaired) electrons. The summed E-state index contributed by atoms with van der Waals surface area (Å²) in [6.07, 6.45) is 4.08. The molecule has 2 rings (SSSR count). The molecule has 2 fully saturated rings. The summed E-state index contributed by atoms with van der Waals surface area (Å²) in [7, 11) is 2.07. The topological polar surface area (TPSA) is 18.5 Å². The summed E-state index contributed by atoms with van der Waals surface area (Å²) < 4.78 is 0. The molecule has 2 aliphatic heterocycles. The summed E-state index contributed by atoms with van der Waals surface area (Å²) in [6.45, 7) is 11.0. The average molecular weight is 239 g/mol. The highest BCUT2D eigenvalue weighted by molar-refractivity contribution is 4.92. The van der Waals surface area contributed by atoms with Gasteiger partial charge in [-0.05, 0) is 53.6 Å². The number of nitrogens with one attached hydrogen (secondary N) is 1. The molecule has 4 unspecified atom stereocenters. The Morgan fingerprint density at radius 3 is 2.76 bits per heavy atom. The Balaban J connectivity index is 1.91. The molecular formula is C14H29N3. The van der Waals surface area contributed by atoms with Crippen molar-refractivity contribution in [2.75, 3.05) is 26.7 Å². The number of rotatable bonds is 4. The summed E-state index contributed by atoms with van der Waals surface area (Å²) >= 11 is 0. The Labute approximate surface area is 107 Å². The van der Waals surface area contributed by atoms with Gasteiger partial charge in [0, 0.05) is 37.3 Å². The Morgan fingerprint density at radius 2 is 2.06 bits per heavy atom. The lowest BCUT2D eigenvalue weighted by atomic mass is 10.0. The van der Waals surface area contributed by atoms with E-state index in [0.717, 1.165) is 12.1 Å². The average Bonchev–Trinajstić information content (AvgIpc) is 2.74. The fraction of sp³-hybridized carbons (Fsp3) is 1.00. The molecule has 0 amide bonds. The van der Waals surface area contributed by atoms with E-state index in [1.165, 1.54) is 38.9 Å². The monoisotopic (exact) mass is 239 g/mol. The van der Waals surface area contributed by atoms with Gasteiger partial charge in [-0.1, -0.05) is 0 Å². The number of hydrogen-bond donors (Lipinski definition) is 1. The first-order chi connectivity index (χ1) is 8.11. The van der Waals surface area contributed by atoms with E-state index in [-0.39, 0.29) is 0 Å². The van der Waals surface area contributed by atoms with Crippen LogP contribution >= 0.6 is 0 Å². The van der Waals surface area contributed by atoms with Crippen LogP contribution in [0.5, 0.6) is 0 Å². The number of piperazine rings is 1. The largest absolute Gasteiger partial charge is 0.317 e. The van der Waals surface area contributed by atoms with E-state index in [0.29, 0.717) is 12.1 Å². The van der Waals surface area contributed by atoms with Crippen LogP contribution in [-0.4, -0.2) is 60.6 Å². The van der Waals surface area contributed by atoms with Gasteiger partial charge in [0.2, 0.25) is 0 Å². The maximum atomic E-state index is 3.36. The minimum absolute atomic E-state index is 0.624. The van der Waals surface area contributed by atoms with Crippen LogP contribution in [0.1, 0.15) is 40.0 Å². The molecule has 100 valence electrons. The normalized spacial score (nSPS) is 34.6. The van der Waals surface area contributed by atoms with Crippen LogP contribution in [0.2, 0.25) is 0 Å². The number of nitrogens with zero attached hydrogens (tertiary/aromatic N) is 2. The summed E-state index contributed by atoms with van der Waals surface area (Å²) in [5.41, 5.74) is 0. The molecule has 0 aromatic heterocycles. The van der Waals surface area contributed by atoms with Crippen molar-refractivity contribution in [1.82, 2.24) is 15.1 Å². The van der Waals surface area contributed by atoms with Crippen LogP contribution in [0, 0.1) is 0 Å². The Hall–Kier alpha value is -0.120. The molecule has 4 atom stereocenters. The first-order valence-corrected chi connectivity index (χ1v) is 7.29. The van der Waals surface area contributed by atoms with Gasteiger partial charge in [0.25, 0.3) is 0 Å². The fourth-order valence-electron chi connectivity index (χ4n) is 3.59. The third-order valence-corrected chi connectivity index (χ3v) is 4.74. The van der Waals surface area contributed by atoms with Gasteiger partial charge >= 0.3 is 0 Å². The standard InChI is InChI=1S/C14H29N3/c1-11(15-4)8-12(2)17-10-14-6-5-7-16(14)9-13(17)3/h11-15H,5-10H2,1-4H3. The van der Waals surface area contributed by atoms with Crippen molar-refractivity contribution < 1.29 is 0 Å². The first-order valence-electron chi connectivity index (χ1n) is 7.29. The van der Waals surface area contributed by atoms with Gasteiger partial charge in [-0.2, -0.15) is 0 Å². The lowest BCUT2D eigenvalue weighted by Gasteiger charge is -2.45. The highest BCUT2D eigenvalue weighted by Crippen LogP contribution is 2.26. The minimum Gasteiger partial charge on any atom is -0.317 e. The quantitative estimate of drug-likeness (QED) is 0.803. The van der Waals surface area contributed by atoms with Gasteiger partial charge in [0.1, 0.15) is 0 Å². The Kier molecular flexibility index (Phi) is 4.45. The van der Waals surface area contributed by atoms with E-state index >= 15 is 0 Å². The maximum absolute atomic E-state index is 3.36. The zero-order chi connectivity index (χ0) is 12.4. The van der Waals surface area contributed by atoms with Gasteiger partial charge in [0.15, 0.2) is 0 Å². The maximum Gasteiger partial charge on any atom is 0.0224 e. The second-order valence-corrected chi connectivity index (χ2v) is 6.11. The van der Waals surface area contributed by atoms with E-state index in [1.807, 2.05) is 0 Å². The Morgan fingerprint density at radius 1 is 1.29 bits per heavy atom. The predicted molar refractivity (Wildman–Crippen MR) is 73.4 cm³/mol. The molecule has 0 bridgehead atoms. The van der Waals surface area contributed by atoms with Crippen LogP contribution in [0.25, 0.3) is 0 Å². The van der Waals surface area contributed by atoms with Crippen molar-refractivity contribution in [3.05, 3.63) is 0 Å². The zero-order valence-electron chi connectivity index (χ0n) is 11.9. The molecule has 0 aromatic rings. The summed E-state index contributed by atoms with van der Waals surface area (Å²) in [5.74, 6) is 0. The van der Waals surface area contributed by atoms with Crippen molar-refractivity contribution >= 4 is 0 Å². The smallest absolute Gasteiger partial charge is 0.0224 e. The minimum atomic E-state index is 0.624. The van der Waals surface area contributed by atoms with Crippen molar-refractivity contribution in [3.8, 4) is 0 Å². The molecular weight excluding hydrogens is 210 g/mol. The molecule has 0 spiro atoms. The predicted octanol–water partition coefficient (Wildman–Crippen LogP) is 1.54. The van der Waals surface area contributed by atoms with Crippen LogP contribution in [0.15, 0.2) is 0 Å². The molecule has 0 aliphatic carbocycles. The molecule has 2 aliphatic rings. The highest BCUT2D eigenvalue weighted by Gasteiger charge is 2.36. The van der Waals surface area contributed by atoms with Crippen LogP contribution in [0.3, 0.4) is 0 Å². The summed E-state index contributed by atoms with van der Waals surface area (Å²) in [6, 6.07) is 2.90. The molecule has 17 heavy (non-hydrogen) atoms. The SMILES string of the molecule is CNC(C)CC(C)N1CC2CCCN2CC1C. The third-order valence-electron chi connectivity index (χ3n) is 4.74. The molecule has 1 N–H and O–H groups in total. The number of fused-ring (bicyclic) bond motifs is 1. The van der Waals surface area contributed by atoms with Gasteiger partial charge in [0.05, 0.1) is 0 Å². The first kappa shape index (κ1) is 13.3. The number of hydrogen-bond acceptors (Lipinski definition) is 3. The fourth-order valence-corrected chi connectivity index (χ4v) is 3.59. The molecule has 2 heterocycles. The molecule has 2 saturated heterocycles. The van der Waals surface area contributed by atoms with Crippen molar-refractivity contribution in [3.63, 3.8) is 0 Å². The van der Waals surface area contributed by atoms with E-state index in [1.54, 1.807) is 0 Å². The second-order valence-electron chi connectivity index (χ2n) is 6.11. The molecule has 0 saturated carbocycles. The second kappa shape index (κ2) is 5.68. The zero-order valence-corrected chi connectivity index (χ0v) is 11.9. The van der Waals surface area contributed by atoms with Gasteiger partial charge in [-0.15, -0.1) is 0 Å². The van der Waals surface area contributed by atoms with Crippen LogP contribution in [-0.2, 0) is 0 Å². The van der Waals surface area contributed by atoms with E-state index < -0.39 is 0 Å². The highest BCUT2D eigenvalue weighted by atomic mass is 15.3. The van der Waals surface area contributed by atoms with Crippen molar-refractivity contribution in [2.45, 2.75) is 64.2 Å². The van der Waals surface area contributed by atoms with Crippen LogP contribution < -0.4 is 5.32 Å². The summed E-state index contributed by atoms with van der Waals surface area (Å²) in [4.78, 5) is 5.44. The van der Waals surface area contributed by atoms with Gasteiger partial charge in [-0.25, -0.2) is 0 Å². The summed E-state index contributed by atoms with van der Waals surface area (Å²) in [5, 5.41) is 3.36. The van der Waals surface area contributed by atoms with Crippen molar-refractivity contribution in [2.24, 2.45) is 0 Å². The van der Waals surface area contributed by atoms with Crippen molar-refractivity contribution in [1.29, 1.82) is 0 Å². The lowest BCUT2D eigenvalue weighted by molar-refractivity contribution is 0.0284. The van der Waals surface area contributed by atoms with Crippen LogP contribution in [0.4, 0.5) is 0 Å². The Bertz CT molecular complexity index is 244. The van der Waals surface area contributed by atoms with E-state index in [4.69, 9.17) is 0 Å². The third kappa shape index (κ3) is 3.01. The van der Waals surface area contributed by atoms with Gasteiger partial charge in [-0.3, -0.25) is 9.80 Å². The molecule has 0 aromatic carbocycles. The van der Waals surface area contributed by atoms with E-state index in [2.05, 4.69) is 42.9 Å². The van der Waals surface area contributed by atoms with E-state index in [9.17, 15) is 0 Å². The lowest BCUT2D eigenvalue weighted by Crippen LogP contribution is -2.58.